The highest BCUT2D eigenvalue weighted by molar-refractivity contribution is 7.47. The van der Waals surface area contributed by atoms with E-state index in [9.17, 15) is 43.2 Å². The van der Waals surface area contributed by atoms with E-state index in [1.165, 1.54) is 167 Å². The molecule has 0 amide bonds. The molecule has 0 aromatic carbocycles. The van der Waals surface area contributed by atoms with Crippen molar-refractivity contribution in [1.82, 2.24) is 0 Å². The third kappa shape index (κ3) is 63.9. The molecule has 7 atom stereocenters. The standard InChI is InChI=1S/C72H140O17P2/c1-8-11-12-13-14-15-16-17-18-19-20-21-26-32-41-48-55-71(76)88-67(59-82-69(74)53-46-39-31-25-23-22-24-30-37-44-51-64(6)9-2)61-86-90(78,79)84-57-66(73)58-85-91(80,81)87-62-68(60-83-70(75)54-47-40-35-34-38-45-52-65(7)10-3)89-72(77)56-49-42-33-28-27-29-36-43-50-63(4)5/h63-68,73H,8-62H2,1-7H3,(H,78,79)(H,80,81)/t64?,65?,66-,67-,68-/m1/s1. The van der Waals surface area contributed by atoms with Crippen LogP contribution in [0.1, 0.15) is 363 Å². The summed E-state index contributed by atoms with van der Waals surface area (Å²) < 4.78 is 68.4. The number of unbranched alkanes of at least 4 members (excludes halogenated alkanes) is 36. The van der Waals surface area contributed by atoms with Gasteiger partial charge < -0.3 is 33.8 Å². The van der Waals surface area contributed by atoms with Gasteiger partial charge in [-0.05, 0) is 43.4 Å². The van der Waals surface area contributed by atoms with Gasteiger partial charge >= 0.3 is 39.5 Å². The average molecular weight is 1340 g/mol. The summed E-state index contributed by atoms with van der Waals surface area (Å²) in [6, 6.07) is 0. The fourth-order valence-corrected chi connectivity index (χ4v) is 12.4. The molecule has 0 aliphatic heterocycles. The minimum absolute atomic E-state index is 0.103. The van der Waals surface area contributed by atoms with Crippen molar-refractivity contribution >= 4 is 39.5 Å². The second kappa shape index (κ2) is 62.8. The maximum atomic E-state index is 13.0. The van der Waals surface area contributed by atoms with E-state index < -0.39 is 97.5 Å². The van der Waals surface area contributed by atoms with Gasteiger partial charge in [-0.25, -0.2) is 9.13 Å². The SMILES string of the molecule is CCCCCCCCCCCCCCCCCCC(=O)O[C@H](COC(=O)CCCCCCCCCCCCC(C)CC)COP(=O)(O)OC[C@@H](O)COP(=O)(O)OC[C@@H](COC(=O)CCCCCCCCC(C)CC)OC(=O)CCCCCCCCCCC(C)C. The quantitative estimate of drug-likeness (QED) is 0.0222. The Balaban J connectivity index is 5.26. The zero-order chi connectivity index (χ0) is 67.3. The topological polar surface area (TPSA) is 237 Å². The fourth-order valence-electron chi connectivity index (χ4n) is 10.8. The van der Waals surface area contributed by atoms with Gasteiger partial charge in [0.25, 0.3) is 0 Å². The highest BCUT2D eigenvalue weighted by Gasteiger charge is 2.30. The van der Waals surface area contributed by atoms with Crippen molar-refractivity contribution in [1.29, 1.82) is 0 Å². The van der Waals surface area contributed by atoms with Crippen molar-refractivity contribution in [3.63, 3.8) is 0 Å². The second-order valence-electron chi connectivity index (χ2n) is 26.9. The number of aliphatic hydroxyl groups excluding tert-OH is 1. The Morgan fingerprint density at radius 3 is 0.835 bits per heavy atom. The Morgan fingerprint density at radius 2 is 0.560 bits per heavy atom. The molecule has 0 heterocycles. The van der Waals surface area contributed by atoms with E-state index in [4.69, 9.17) is 37.0 Å². The van der Waals surface area contributed by atoms with Crippen LogP contribution in [0.15, 0.2) is 0 Å². The number of hydrogen-bond acceptors (Lipinski definition) is 15. The Morgan fingerprint density at radius 1 is 0.319 bits per heavy atom. The highest BCUT2D eigenvalue weighted by atomic mass is 31.2. The van der Waals surface area contributed by atoms with Crippen LogP contribution < -0.4 is 0 Å². The summed E-state index contributed by atoms with van der Waals surface area (Å²) in [5.74, 6) is 0.133. The number of ether oxygens (including phenoxy) is 4. The molecular weight excluding hydrogens is 1200 g/mol. The largest absolute Gasteiger partial charge is 0.472 e. The lowest BCUT2D eigenvalue weighted by Gasteiger charge is -2.21. The summed E-state index contributed by atoms with van der Waals surface area (Å²) in [7, 11) is -9.91. The zero-order valence-corrected chi connectivity index (χ0v) is 61.1. The van der Waals surface area contributed by atoms with Crippen LogP contribution in [0.5, 0.6) is 0 Å². The number of phosphoric acid groups is 2. The number of phosphoric ester groups is 2. The molecule has 0 saturated carbocycles. The summed E-state index contributed by atoms with van der Waals surface area (Å²) >= 11 is 0. The molecule has 0 radical (unpaired) electrons. The molecule has 0 bridgehead atoms. The Hall–Kier alpha value is -1.94. The van der Waals surface area contributed by atoms with Crippen LogP contribution in [-0.2, 0) is 65.4 Å². The number of carbonyl (C=O) groups is 4. The third-order valence-electron chi connectivity index (χ3n) is 17.4. The van der Waals surface area contributed by atoms with Crippen LogP contribution in [0.4, 0.5) is 0 Å². The summed E-state index contributed by atoms with van der Waals surface area (Å²) in [6.45, 7) is 11.8. The first-order chi connectivity index (χ1) is 43.8. The molecule has 0 spiro atoms. The van der Waals surface area contributed by atoms with E-state index in [-0.39, 0.29) is 25.7 Å². The van der Waals surface area contributed by atoms with E-state index in [2.05, 4.69) is 48.5 Å². The van der Waals surface area contributed by atoms with Gasteiger partial charge in [0, 0.05) is 25.7 Å². The van der Waals surface area contributed by atoms with Gasteiger partial charge in [0.2, 0.25) is 0 Å². The van der Waals surface area contributed by atoms with Gasteiger partial charge in [0.15, 0.2) is 12.2 Å². The van der Waals surface area contributed by atoms with Crippen LogP contribution in [0.25, 0.3) is 0 Å². The smallest absolute Gasteiger partial charge is 0.462 e. The monoisotopic (exact) mass is 1340 g/mol. The first-order valence-corrected chi connectivity index (χ1v) is 40.4. The molecule has 0 aliphatic carbocycles. The molecule has 19 heteroatoms. The van der Waals surface area contributed by atoms with E-state index in [0.29, 0.717) is 25.7 Å². The van der Waals surface area contributed by atoms with Gasteiger partial charge in [-0.15, -0.1) is 0 Å². The maximum absolute atomic E-state index is 13.0. The lowest BCUT2D eigenvalue weighted by molar-refractivity contribution is -0.161. The first kappa shape index (κ1) is 89.1. The van der Waals surface area contributed by atoms with Gasteiger partial charge in [0.1, 0.15) is 19.3 Å². The fraction of sp³-hybridized carbons (Fsp3) is 0.944. The van der Waals surface area contributed by atoms with E-state index in [1.807, 2.05) is 0 Å². The first-order valence-electron chi connectivity index (χ1n) is 37.4. The molecular formula is C72H140O17P2. The van der Waals surface area contributed by atoms with Crippen LogP contribution in [0.2, 0.25) is 0 Å². The van der Waals surface area contributed by atoms with Crippen molar-refractivity contribution in [3.05, 3.63) is 0 Å². The van der Waals surface area contributed by atoms with E-state index in [0.717, 1.165) is 114 Å². The van der Waals surface area contributed by atoms with Crippen LogP contribution in [-0.4, -0.2) is 96.7 Å². The Labute approximate surface area is 556 Å². The molecule has 0 rings (SSSR count). The maximum Gasteiger partial charge on any atom is 0.472 e. The number of aliphatic hydroxyl groups is 1. The lowest BCUT2D eigenvalue weighted by atomic mass is 9.99. The van der Waals surface area contributed by atoms with Crippen molar-refractivity contribution < 1.29 is 80.2 Å². The third-order valence-corrected chi connectivity index (χ3v) is 19.3. The molecule has 0 fully saturated rings. The average Bonchev–Trinajstić information content (AvgIpc) is 2.18. The predicted octanol–water partition coefficient (Wildman–Crippen LogP) is 20.6. The molecule has 0 aliphatic rings. The highest BCUT2D eigenvalue weighted by Crippen LogP contribution is 2.45. The lowest BCUT2D eigenvalue weighted by Crippen LogP contribution is -2.30. The number of esters is 4. The summed E-state index contributed by atoms with van der Waals surface area (Å²) in [6.07, 6.45) is 47.2. The zero-order valence-electron chi connectivity index (χ0n) is 59.3. The summed E-state index contributed by atoms with van der Waals surface area (Å²) in [5.41, 5.74) is 0. The van der Waals surface area contributed by atoms with Crippen LogP contribution in [0.3, 0.4) is 0 Å². The van der Waals surface area contributed by atoms with E-state index in [1.54, 1.807) is 0 Å². The molecule has 540 valence electrons. The molecule has 17 nitrogen and oxygen atoms in total. The second-order valence-corrected chi connectivity index (χ2v) is 29.8. The van der Waals surface area contributed by atoms with Crippen molar-refractivity contribution in [2.75, 3.05) is 39.6 Å². The minimum Gasteiger partial charge on any atom is -0.462 e. The molecule has 3 N–H and O–H groups in total. The van der Waals surface area contributed by atoms with Gasteiger partial charge in [0.05, 0.1) is 26.4 Å². The number of hydrogen-bond donors (Lipinski definition) is 3. The summed E-state index contributed by atoms with van der Waals surface area (Å²) in [5, 5.41) is 10.6. The summed E-state index contributed by atoms with van der Waals surface area (Å²) in [4.78, 5) is 72.6. The molecule has 0 aromatic rings. The minimum atomic E-state index is -4.95. The Kier molecular flexibility index (Phi) is 61.5. The van der Waals surface area contributed by atoms with E-state index >= 15 is 0 Å². The number of carbonyl (C=O) groups excluding carboxylic acids is 4. The Bertz CT molecular complexity index is 1790. The van der Waals surface area contributed by atoms with Crippen LogP contribution >= 0.6 is 15.6 Å². The predicted molar refractivity (Wildman–Crippen MR) is 368 cm³/mol. The van der Waals surface area contributed by atoms with Gasteiger partial charge in [-0.1, -0.05) is 312 Å². The molecule has 0 saturated heterocycles. The molecule has 0 aromatic heterocycles. The molecule has 4 unspecified atom stereocenters. The number of rotatable bonds is 70. The van der Waals surface area contributed by atoms with Crippen LogP contribution in [0, 0.1) is 17.8 Å². The molecule has 91 heavy (non-hydrogen) atoms. The van der Waals surface area contributed by atoms with Crippen molar-refractivity contribution in [2.45, 2.75) is 381 Å². The normalized spacial score (nSPS) is 14.8. The van der Waals surface area contributed by atoms with Crippen molar-refractivity contribution in [3.8, 4) is 0 Å². The van der Waals surface area contributed by atoms with Gasteiger partial charge in [-0.3, -0.25) is 37.3 Å². The van der Waals surface area contributed by atoms with Crippen molar-refractivity contribution in [2.24, 2.45) is 17.8 Å². The van der Waals surface area contributed by atoms with Gasteiger partial charge in [-0.2, -0.15) is 0 Å².